The third-order valence-corrected chi connectivity index (χ3v) is 7.85. The van der Waals surface area contributed by atoms with Crippen molar-refractivity contribution in [2.24, 2.45) is 34.5 Å². The molecular weight excluding hydrogens is 276 g/mol. The smallest absolute Gasteiger partial charge is 0.137 e. The van der Waals surface area contributed by atoms with Crippen molar-refractivity contribution in [1.29, 1.82) is 0 Å². The first-order valence-electron chi connectivity index (χ1n) is 8.90. The van der Waals surface area contributed by atoms with E-state index in [4.69, 9.17) is 0 Å². The highest BCUT2D eigenvalue weighted by Gasteiger charge is 2.61. The van der Waals surface area contributed by atoms with E-state index in [1.807, 2.05) is 0 Å². The van der Waals surface area contributed by atoms with E-state index in [0.29, 0.717) is 61.4 Å². The molecule has 4 aliphatic rings. The molecule has 0 radical (unpaired) electrons. The second-order valence-electron chi connectivity index (χ2n) is 8.96. The summed E-state index contributed by atoms with van der Waals surface area (Å²) in [5, 5.41) is 0. The van der Waals surface area contributed by atoms with Gasteiger partial charge in [-0.3, -0.25) is 14.4 Å². The lowest BCUT2D eigenvalue weighted by molar-refractivity contribution is -0.157. The van der Waals surface area contributed by atoms with Crippen molar-refractivity contribution in [3.05, 3.63) is 0 Å². The average molecular weight is 302 g/mol. The summed E-state index contributed by atoms with van der Waals surface area (Å²) >= 11 is 0. The lowest BCUT2D eigenvalue weighted by atomic mass is 9.45. The summed E-state index contributed by atoms with van der Waals surface area (Å²) in [6.45, 7) is 4.53. The predicted octanol–water partition coefficient (Wildman–Crippen LogP) is 3.35. The number of Topliss-reactive ketones (excluding diaryl/α,β-unsaturated/α-hetero) is 3. The highest BCUT2D eigenvalue weighted by atomic mass is 16.1. The zero-order valence-electron chi connectivity index (χ0n) is 13.7. The Morgan fingerprint density at radius 3 is 2.45 bits per heavy atom. The zero-order chi connectivity index (χ0) is 15.7. The van der Waals surface area contributed by atoms with Gasteiger partial charge in [0.2, 0.25) is 0 Å². The van der Waals surface area contributed by atoms with Crippen LogP contribution in [-0.4, -0.2) is 17.3 Å². The predicted molar refractivity (Wildman–Crippen MR) is 82.1 cm³/mol. The number of rotatable bonds is 0. The van der Waals surface area contributed by atoms with Crippen LogP contribution in [0.15, 0.2) is 0 Å². The normalized spacial score (nSPS) is 51.3. The van der Waals surface area contributed by atoms with Gasteiger partial charge in [0, 0.05) is 38.0 Å². The molecular formula is C19H26O3. The Labute approximate surface area is 132 Å². The number of hydrogen-bond acceptors (Lipinski definition) is 3. The molecule has 0 aromatic heterocycles. The van der Waals surface area contributed by atoms with Gasteiger partial charge in [-0.05, 0) is 47.8 Å². The quantitative estimate of drug-likeness (QED) is 0.689. The molecule has 3 nitrogen and oxygen atoms in total. The van der Waals surface area contributed by atoms with Crippen LogP contribution in [0.2, 0.25) is 0 Å². The second kappa shape index (κ2) is 4.52. The van der Waals surface area contributed by atoms with Crippen molar-refractivity contribution in [2.45, 2.75) is 65.2 Å². The van der Waals surface area contributed by atoms with Crippen molar-refractivity contribution in [2.75, 3.05) is 0 Å². The Kier molecular flexibility index (Phi) is 3.00. The lowest BCUT2D eigenvalue weighted by Crippen LogP contribution is -2.56. The average Bonchev–Trinajstić information content (AvgIpc) is 2.76. The second-order valence-corrected chi connectivity index (χ2v) is 8.96. The van der Waals surface area contributed by atoms with Crippen molar-refractivity contribution in [3.63, 3.8) is 0 Å². The van der Waals surface area contributed by atoms with Crippen molar-refractivity contribution in [1.82, 2.24) is 0 Å². The van der Waals surface area contributed by atoms with Crippen LogP contribution in [0.5, 0.6) is 0 Å². The largest absolute Gasteiger partial charge is 0.300 e. The molecule has 0 bridgehead atoms. The fourth-order valence-corrected chi connectivity index (χ4v) is 6.62. The zero-order valence-corrected chi connectivity index (χ0v) is 13.7. The molecule has 6 unspecified atom stereocenters. The van der Waals surface area contributed by atoms with Crippen LogP contribution in [-0.2, 0) is 14.4 Å². The van der Waals surface area contributed by atoms with Crippen LogP contribution in [0.25, 0.3) is 0 Å². The van der Waals surface area contributed by atoms with Gasteiger partial charge in [-0.2, -0.15) is 0 Å². The molecule has 6 atom stereocenters. The molecule has 0 aromatic carbocycles. The van der Waals surface area contributed by atoms with Crippen molar-refractivity contribution < 1.29 is 14.4 Å². The topological polar surface area (TPSA) is 51.2 Å². The minimum Gasteiger partial charge on any atom is -0.300 e. The van der Waals surface area contributed by atoms with Crippen LogP contribution in [0.4, 0.5) is 0 Å². The minimum atomic E-state index is -0.0449. The van der Waals surface area contributed by atoms with Crippen molar-refractivity contribution in [3.8, 4) is 0 Å². The van der Waals surface area contributed by atoms with E-state index in [1.165, 1.54) is 0 Å². The van der Waals surface area contributed by atoms with E-state index in [2.05, 4.69) is 13.8 Å². The molecule has 0 aliphatic heterocycles. The molecule has 3 heteroatoms. The molecule has 4 rings (SSSR count). The van der Waals surface area contributed by atoms with Gasteiger partial charge < -0.3 is 0 Å². The first-order valence-corrected chi connectivity index (χ1v) is 8.90. The Balaban J connectivity index is 1.70. The van der Waals surface area contributed by atoms with Gasteiger partial charge in [-0.25, -0.2) is 0 Å². The van der Waals surface area contributed by atoms with E-state index >= 15 is 0 Å². The summed E-state index contributed by atoms with van der Waals surface area (Å²) in [5.74, 6) is 2.24. The third-order valence-electron chi connectivity index (χ3n) is 7.85. The standard InChI is InChI=1S/C19H26O3/c1-18-5-4-14-13(15(18)8-12(21)10-18)9-17(22)16-7-11(20)3-6-19(14,16)2/h13-16H,3-10H2,1-2H3. The molecule has 0 heterocycles. The number of hydrogen-bond donors (Lipinski definition) is 0. The SMILES string of the molecule is CC12CCC3C(CC(=O)C4CC(=O)CCC43C)C1CC(=O)C2. The first-order chi connectivity index (χ1) is 10.3. The van der Waals surface area contributed by atoms with E-state index < -0.39 is 0 Å². The van der Waals surface area contributed by atoms with Crippen LogP contribution in [0.3, 0.4) is 0 Å². The summed E-state index contributed by atoms with van der Waals surface area (Å²) in [7, 11) is 0. The molecule has 22 heavy (non-hydrogen) atoms. The van der Waals surface area contributed by atoms with Gasteiger partial charge in [0.05, 0.1) is 0 Å². The van der Waals surface area contributed by atoms with Crippen molar-refractivity contribution >= 4 is 17.3 Å². The molecule has 0 amide bonds. The Morgan fingerprint density at radius 2 is 1.68 bits per heavy atom. The van der Waals surface area contributed by atoms with E-state index in [-0.39, 0.29) is 22.5 Å². The van der Waals surface area contributed by atoms with Gasteiger partial charge >= 0.3 is 0 Å². The molecule has 120 valence electrons. The highest BCUT2D eigenvalue weighted by molar-refractivity contribution is 5.91. The molecule has 4 saturated carbocycles. The number of carbonyl (C=O) groups excluding carboxylic acids is 3. The Hall–Kier alpha value is -0.990. The number of ketones is 3. The molecule has 0 saturated heterocycles. The van der Waals surface area contributed by atoms with Gasteiger partial charge in [-0.15, -0.1) is 0 Å². The molecule has 0 N–H and O–H groups in total. The molecule has 4 aliphatic carbocycles. The summed E-state index contributed by atoms with van der Waals surface area (Å²) in [5.41, 5.74) is 0.132. The minimum absolute atomic E-state index is 0.000871. The summed E-state index contributed by atoms with van der Waals surface area (Å²) in [6, 6.07) is 0. The third kappa shape index (κ3) is 1.83. The summed E-state index contributed by atoms with van der Waals surface area (Å²) in [6.07, 6.45) is 6.27. The van der Waals surface area contributed by atoms with Gasteiger partial charge in [0.25, 0.3) is 0 Å². The van der Waals surface area contributed by atoms with Gasteiger partial charge in [0.15, 0.2) is 0 Å². The number of carbonyl (C=O) groups is 3. The highest BCUT2D eigenvalue weighted by Crippen LogP contribution is 2.64. The monoisotopic (exact) mass is 302 g/mol. The maximum atomic E-state index is 12.8. The summed E-state index contributed by atoms with van der Waals surface area (Å²) in [4.78, 5) is 36.7. The van der Waals surface area contributed by atoms with Gasteiger partial charge in [0.1, 0.15) is 17.3 Å². The van der Waals surface area contributed by atoms with Crippen LogP contribution in [0.1, 0.15) is 65.2 Å². The van der Waals surface area contributed by atoms with E-state index in [1.54, 1.807) is 0 Å². The molecule has 4 fully saturated rings. The Morgan fingerprint density at radius 1 is 0.909 bits per heavy atom. The number of fused-ring (bicyclic) bond motifs is 5. The summed E-state index contributed by atoms with van der Waals surface area (Å²) < 4.78 is 0. The Bertz CT molecular complexity index is 565. The molecule has 0 spiro atoms. The molecule has 0 aromatic rings. The van der Waals surface area contributed by atoms with Gasteiger partial charge in [-0.1, -0.05) is 13.8 Å². The first kappa shape index (κ1) is 14.6. The van der Waals surface area contributed by atoms with Crippen LogP contribution < -0.4 is 0 Å². The van der Waals surface area contributed by atoms with E-state index in [9.17, 15) is 14.4 Å². The van der Waals surface area contributed by atoms with E-state index in [0.717, 1.165) is 19.3 Å². The maximum Gasteiger partial charge on any atom is 0.137 e. The van der Waals surface area contributed by atoms with Crippen LogP contribution in [0, 0.1) is 34.5 Å². The lowest BCUT2D eigenvalue weighted by Gasteiger charge is -2.58. The fourth-order valence-electron chi connectivity index (χ4n) is 6.62. The van der Waals surface area contributed by atoms with Crippen LogP contribution >= 0.6 is 0 Å². The fraction of sp³-hybridized carbons (Fsp3) is 0.842. The maximum absolute atomic E-state index is 12.8.